The summed E-state index contributed by atoms with van der Waals surface area (Å²) in [6.07, 6.45) is 1.70. The highest BCUT2D eigenvalue weighted by Crippen LogP contribution is 2.54. The number of aromatic hydroxyl groups is 1. The number of hydrogen-bond donors (Lipinski definition) is 5. The minimum atomic E-state index is -2.67. The summed E-state index contributed by atoms with van der Waals surface area (Å²) in [6, 6.07) is 8.62. The van der Waals surface area contributed by atoms with Gasteiger partial charge in [-0.25, -0.2) is 0 Å². The van der Waals surface area contributed by atoms with Gasteiger partial charge in [0.2, 0.25) is 5.78 Å². The normalized spacial score (nSPS) is 26.8. The molecule has 0 radical (unpaired) electrons. The van der Waals surface area contributed by atoms with E-state index in [4.69, 9.17) is 17.3 Å². The Balaban J connectivity index is 1.41. The molecular formula is C33H36ClN3O7. The number of fused-ring (bicyclic) bond motifs is 4. The number of halogens is 1. The molecule has 0 aromatic heterocycles. The topological polar surface area (TPSA) is 165 Å². The zero-order chi connectivity index (χ0) is 31.7. The van der Waals surface area contributed by atoms with Crippen LogP contribution in [0, 0.1) is 11.8 Å². The van der Waals surface area contributed by atoms with Crippen molar-refractivity contribution in [3.63, 3.8) is 0 Å². The van der Waals surface area contributed by atoms with Gasteiger partial charge in [-0.05, 0) is 73.5 Å². The summed E-state index contributed by atoms with van der Waals surface area (Å²) in [5, 5.41) is 46.0. The highest BCUT2D eigenvalue weighted by molar-refractivity contribution is 6.32. The van der Waals surface area contributed by atoms with E-state index in [1.165, 1.54) is 17.2 Å². The monoisotopic (exact) mass is 621 g/mol. The number of Topliss-reactive ketones (excluding diaryl/α,β-unsaturated/α-hetero) is 2. The largest absolute Gasteiger partial charge is 0.508 e. The number of hydrogen-bond acceptors (Lipinski definition) is 9. The fourth-order valence-electron chi connectivity index (χ4n) is 7.80. The maximum Gasteiger partial charge on any atom is 0.255 e. The van der Waals surface area contributed by atoms with Crippen LogP contribution in [0.4, 0.5) is 0 Å². The third kappa shape index (κ3) is 4.46. The van der Waals surface area contributed by atoms with Gasteiger partial charge in [0, 0.05) is 36.1 Å². The molecule has 1 fully saturated rings. The van der Waals surface area contributed by atoms with Crippen LogP contribution in [0.2, 0.25) is 5.02 Å². The number of nitrogens with two attached hydrogens (primary N) is 1. The van der Waals surface area contributed by atoms with Crippen LogP contribution in [-0.4, -0.2) is 79.5 Å². The van der Waals surface area contributed by atoms with E-state index in [1.54, 1.807) is 11.9 Å². The first kappa shape index (κ1) is 30.3. The molecule has 3 aliphatic carbocycles. The average molecular weight is 622 g/mol. The second-order valence-electron chi connectivity index (χ2n) is 12.4. The van der Waals surface area contributed by atoms with Crippen molar-refractivity contribution in [1.82, 2.24) is 9.80 Å². The predicted octanol–water partition coefficient (Wildman–Crippen LogP) is 2.96. The molecule has 11 heteroatoms. The van der Waals surface area contributed by atoms with Crippen LogP contribution in [0.3, 0.4) is 0 Å². The van der Waals surface area contributed by atoms with Crippen molar-refractivity contribution in [2.24, 2.45) is 17.6 Å². The summed E-state index contributed by atoms with van der Waals surface area (Å²) < 4.78 is 0. The third-order valence-electron chi connectivity index (χ3n) is 9.83. The van der Waals surface area contributed by atoms with Gasteiger partial charge in [0.25, 0.3) is 5.91 Å². The number of carbonyl (C=O) groups is 3. The van der Waals surface area contributed by atoms with Crippen molar-refractivity contribution in [3.8, 4) is 5.75 Å². The van der Waals surface area contributed by atoms with Crippen molar-refractivity contribution >= 4 is 34.8 Å². The second kappa shape index (κ2) is 11.0. The fourth-order valence-corrected chi connectivity index (χ4v) is 8.08. The molecule has 4 atom stereocenters. The molecular weight excluding hydrogens is 586 g/mol. The quantitative estimate of drug-likeness (QED) is 0.305. The van der Waals surface area contributed by atoms with E-state index < -0.39 is 58.0 Å². The first-order valence-electron chi connectivity index (χ1n) is 14.9. The summed E-state index contributed by atoms with van der Waals surface area (Å²) in [6.45, 7) is 4.31. The molecule has 10 nitrogen and oxygen atoms in total. The van der Waals surface area contributed by atoms with E-state index >= 15 is 0 Å². The van der Waals surface area contributed by atoms with Gasteiger partial charge in [-0.15, -0.1) is 0 Å². The van der Waals surface area contributed by atoms with Crippen molar-refractivity contribution in [2.45, 2.75) is 57.3 Å². The van der Waals surface area contributed by atoms with Gasteiger partial charge in [-0.2, -0.15) is 0 Å². The van der Waals surface area contributed by atoms with Crippen molar-refractivity contribution in [3.05, 3.63) is 80.1 Å². The van der Waals surface area contributed by atoms with Gasteiger partial charge in [0.15, 0.2) is 11.4 Å². The number of benzene rings is 2. The zero-order valence-corrected chi connectivity index (χ0v) is 25.4. The number of aliphatic hydroxyl groups excluding tert-OH is 2. The summed E-state index contributed by atoms with van der Waals surface area (Å²) in [5.41, 5.74) is 5.44. The summed E-state index contributed by atoms with van der Waals surface area (Å²) in [4.78, 5) is 43.8. The number of amides is 1. The number of ketones is 2. The van der Waals surface area contributed by atoms with Crippen LogP contribution in [0.25, 0.3) is 5.76 Å². The molecule has 0 unspecified atom stereocenters. The van der Waals surface area contributed by atoms with Gasteiger partial charge in [0.1, 0.15) is 22.8 Å². The molecule has 6 N–H and O–H groups in total. The lowest BCUT2D eigenvalue weighted by Gasteiger charge is -2.50. The Bertz CT molecular complexity index is 1670. The molecule has 0 saturated heterocycles. The summed E-state index contributed by atoms with van der Waals surface area (Å²) in [5.74, 6) is -6.78. The van der Waals surface area contributed by atoms with Gasteiger partial charge in [0.05, 0.1) is 11.6 Å². The molecule has 0 bridgehead atoms. The minimum Gasteiger partial charge on any atom is -0.508 e. The highest BCUT2D eigenvalue weighted by Gasteiger charge is 2.64. The van der Waals surface area contributed by atoms with Gasteiger partial charge in [-0.1, -0.05) is 42.8 Å². The lowest BCUT2D eigenvalue weighted by molar-refractivity contribution is -0.154. The van der Waals surface area contributed by atoms with Crippen LogP contribution < -0.4 is 5.73 Å². The minimum absolute atomic E-state index is 0.00507. The standard InChI is InChI=1S/C33H36ClN3O7/c1-3-9-36(2)27-21-12-18-11-20-24(28(39)23(18)30(41)33(21,44)31(42)25(29(27)40)32(35)43)22(38)13-19(26(20)34)15-37-10-8-16-6-4-5-7-17(16)14-37/h4-7,13,18,21,27,38-39,42,44H,3,8-12,14-15H2,1-2H3,(H2,35,43)/t18-,21-,27-,33-/m0/s1. The van der Waals surface area contributed by atoms with Gasteiger partial charge >= 0.3 is 0 Å². The number of aliphatic hydroxyl groups is 3. The van der Waals surface area contributed by atoms with E-state index in [2.05, 4.69) is 17.0 Å². The third-order valence-corrected chi connectivity index (χ3v) is 10.3. The average Bonchev–Trinajstić information content (AvgIpc) is 2.97. The zero-order valence-electron chi connectivity index (χ0n) is 24.6. The molecule has 1 heterocycles. The Hall–Kier alpha value is -3.70. The van der Waals surface area contributed by atoms with Crippen molar-refractivity contribution in [2.75, 3.05) is 20.1 Å². The summed E-state index contributed by atoms with van der Waals surface area (Å²) in [7, 11) is 1.65. The van der Waals surface area contributed by atoms with Crippen LogP contribution in [0.1, 0.15) is 47.6 Å². The Morgan fingerprint density at radius 3 is 2.57 bits per heavy atom. The van der Waals surface area contributed by atoms with E-state index in [0.717, 1.165) is 19.5 Å². The number of carbonyl (C=O) groups excluding carboxylic acids is 3. The molecule has 2 aromatic rings. The Labute approximate surface area is 260 Å². The van der Waals surface area contributed by atoms with Crippen LogP contribution >= 0.6 is 11.6 Å². The molecule has 1 saturated carbocycles. The Kier molecular flexibility index (Phi) is 7.60. The van der Waals surface area contributed by atoms with E-state index in [0.29, 0.717) is 35.7 Å². The highest BCUT2D eigenvalue weighted by atomic mass is 35.5. The number of nitrogens with zero attached hydrogens (tertiary/aromatic N) is 2. The molecule has 1 aliphatic heterocycles. The second-order valence-corrected chi connectivity index (χ2v) is 12.8. The lowest BCUT2D eigenvalue weighted by Crippen LogP contribution is -2.66. The first-order chi connectivity index (χ1) is 20.9. The smallest absolute Gasteiger partial charge is 0.255 e. The van der Waals surface area contributed by atoms with Crippen LogP contribution in [0.15, 0.2) is 47.2 Å². The molecule has 232 valence electrons. The van der Waals surface area contributed by atoms with E-state index in [9.17, 15) is 34.8 Å². The number of primary amides is 1. The molecule has 2 aromatic carbocycles. The number of rotatable bonds is 6. The number of phenols is 1. The van der Waals surface area contributed by atoms with Crippen LogP contribution in [-0.2, 0) is 40.3 Å². The molecule has 44 heavy (non-hydrogen) atoms. The number of likely N-dealkylation sites (N-methyl/N-ethyl adjacent to an activating group) is 1. The SMILES string of the molecule is CCCN(C)[C@@H]1C(=O)C(C(N)=O)=C(O)[C@@]2(O)C(=O)C3=C(O)c4c(O)cc(CN5CCc6ccccc6C5)c(Cl)c4C[C@H]3C[C@@H]12. The maximum absolute atomic E-state index is 14.1. The molecule has 1 amide bonds. The number of phenolic OH excluding ortho intramolecular Hbond substituents is 1. The Morgan fingerprint density at radius 1 is 1.18 bits per heavy atom. The van der Waals surface area contributed by atoms with Crippen LogP contribution in [0.5, 0.6) is 5.75 Å². The molecule has 4 aliphatic rings. The summed E-state index contributed by atoms with van der Waals surface area (Å²) >= 11 is 6.97. The molecule has 0 spiro atoms. The fraction of sp³-hybridized carbons (Fsp3) is 0.424. The maximum atomic E-state index is 14.1. The van der Waals surface area contributed by atoms with Crippen molar-refractivity contribution in [1.29, 1.82) is 0 Å². The van der Waals surface area contributed by atoms with Crippen molar-refractivity contribution < 1.29 is 34.8 Å². The van der Waals surface area contributed by atoms with Gasteiger partial charge in [-0.3, -0.25) is 24.2 Å². The lowest BCUT2D eigenvalue weighted by atomic mass is 9.57. The van der Waals surface area contributed by atoms with E-state index in [1.807, 2.05) is 19.1 Å². The Morgan fingerprint density at radius 2 is 1.89 bits per heavy atom. The first-order valence-corrected chi connectivity index (χ1v) is 15.3. The molecule has 6 rings (SSSR count). The van der Waals surface area contributed by atoms with E-state index in [-0.39, 0.29) is 29.7 Å². The van der Waals surface area contributed by atoms with Gasteiger partial charge < -0.3 is 26.2 Å². The predicted molar refractivity (Wildman–Crippen MR) is 163 cm³/mol.